The van der Waals surface area contributed by atoms with Crippen molar-refractivity contribution in [2.45, 2.75) is 26.4 Å². The first-order valence-electron chi connectivity index (χ1n) is 7.62. The second kappa shape index (κ2) is 6.58. The zero-order valence-electron chi connectivity index (χ0n) is 13.5. The number of hydrogen-bond acceptors (Lipinski definition) is 4. The summed E-state index contributed by atoms with van der Waals surface area (Å²) < 4.78 is 41.7. The third kappa shape index (κ3) is 3.49. The van der Waals surface area contributed by atoms with Crippen LogP contribution in [0.4, 0.5) is 13.2 Å². The Morgan fingerprint density at radius 3 is 2.68 bits per heavy atom. The Balaban J connectivity index is 1.70. The molecule has 6 nitrogen and oxygen atoms in total. The number of rotatable bonds is 3. The lowest BCUT2D eigenvalue weighted by molar-refractivity contribution is -0.127. The number of allylic oxidation sites excluding steroid dienone is 1. The van der Waals surface area contributed by atoms with Gasteiger partial charge in [-0.05, 0) is 18.6 Å². The normalized spacial score (nSPS) is 14.6. The minimum atomic E-state index is -1.27. The highest BCUT2D eigenvalue weighted by Crippen LogP contribution is 2.17. The Bertz CT molecular complexity index is 862. The largest absolute Gasteiger partial charge is 0.402 e. The first-order valence-corrected chi connectivity index (χ1v) is 7.62. The van der Waals surface area contributed by atoms with Crippen LogP contribution in [0.25, 0.3) is 0 Å². The third-order valence-corrected chi connectivity index (χ3v) is 4.04. The summed E-state index contributed by atoms with van der Waals surface area (Å²) in [5.41, 5.74) is 5.70. The summed E-state index contributed by atoms with van der Waals surface area (Å²) >= 11 is 0. The number of fused-ring (bicyclic) bond motifs is 1. The monoisotopic (exact) mass is 351 g/mol. The van der Waals surface area contributed by atoms with E-state index < -0.39 is 17.5 Å². The lowest BCUT2D eigenvalue weighted by atomic mass is 10.1. The Labute approximate surface area is 141 Å². The molecule has 1 aliphatic heterocycles. The van der Waals surface area contributed by atoms with Crippen molar-refractivity contribution in [1.82, 2.24) is 19.7 Å². The highest BCUT2D eigenvalue weighted by Gasteiger charge is 2.22. The molecule has 2 aromatic rings. The molecule has 1 amide bonds. The molecule has 0 spiro atoms. The molecule has 0 atom stereocenters. The van der Waals surface area contributed by atoms with Crippen molar-refractivity contribution in [2.75, 3.05) is 6.54 Å². The molecule has 2 heterocycles. The average molecular weight is 351 g/mol. The molecule has 0 aliphatic carbocycles. The zero-order valence-corrected chi connectivity index (χ0v) is 13.5. The van der Waals surface area contributed by atoms with Crippen LogP contribution >= 0.6 is 0 Å². The highest BCUT2D eigenvalue weighted by molar-refractivity contribution is 5.88. The molecule has 0 fully saturated rings. The summed E-state index contributed by atoms with van der Waals surface area (Å²) in [5.74, 6) is -2.24. The maximum Gasteiger partial charge on any atom is 0.248 e. The van der Waals surface area contributed by atoms with Crippen LogP contribution in [0.3, 0.4) is 0 Å². The maximum absolute atomic E-state index is 13.6. The summed E-state index contributed by atoms with van der Waals surface area (Å²) in [7, 11) is 0. The number of carbonyl (C=O) groups excluding carboxylic acids is 1. The molecule has 0 bridgehead atoms. The van der Waals surface area contributed by atoms with Crippen LogP contribution in [0.1, 0.15) is 17.2 Å². The fourth-order valence-corrected chi connectivity index (χ4v) is 2.71. The predicted octanol–water partition coefficient (Wildman–Crippen LogP) is 1.43. The predicted molar refractivity (Wildman–Crippen MR) is 82.5 cm³/mol. The van der Waals surface area contributed by atoms with E-state index in [1.54, 1.807) is 0 Å². The minimum Gasteiger partial charge on any atom is -0.402 e. The van der Waals surface area contributed by atoms with E-state index in [4.69, 9.17) is 5.73 Å². The maximum atomic E-state index is 13.6. The Morgan fingerprint density at radius 2 is 1.92 bits per heavy atom. The summed E-state index contributed by atoms with van der Waals surface area (Å²) in [6.45, 7) is 3.17. The number of nitrogens with two attached hydrogens (primary N) is 1. The molecule has 1 aromatic heterocycles. The summed E-state index contributed by atoms with van der Waals surface area (Å²) in [5, 5.41) is 7.97. The molecule has 2 N–H and O–H groups in total. The van der Waals surface area contributed by atoms with Crippen LogP contribution < -0.4 is 5.73 Å². The number of nitrogens with zero attached hydrogens (tertiary/aromatic N) is 4. The first kappa shape index (κ1) is 17.0. The van der Waals surface area contributed by atoms with E-state index in [-0.39, 0.29) is 23.6 Å². The number of hydrogen-bond donors (Lipinski definition) is 1. The average Bonchev–Trinajstić information content (AvgIpc) is 2.93. The van der Waals surface area contributed by atoms with E-state index in [0.717, 1.165) is 11.9 Å². The molecule has 0 unspecified atom stereocenters. The minimum absolute atomic E-state index is 0.0538. The molecule has 9 heteroatoms. The van der Waals surface area contributed by atoms with E-state index in [1.165, 1.54) is 11.0 Å². The second-order valence-corrected chi connectivity index (χ2v) is 5.83. The van der Waals surface area contributed by atoms with Gasteiger partial charge in [-0.15, -0.1) is 10.2 Å². The molecule has 1 aliphatic rings. The number of aryl methyl sites for hydroxylation is 1. The number of benzene rings is 1. The van der Waals surface area contributed by atoms with Gasteiger partial charge in [-0.1, -0.05) is 0 Å². The van der Waals surface area contributed by atoms with Crippen molar-refractivity contribution >= 4 is 5.91 Å². The molecule has 0 saturated carbocycles. The summed E-state index contributed by atoms with van der Waals surface area (Å²) in [6, 6.07) is 1.20. The molecule has 1 aromatic carbocycles. The lowest BCUT2D eigenvalue weighted by Gasteiger charge is -2.26. The Kier molecular flexibility index (Phi) is 4.47. The number of aromatic nitrogens is 3. The van der Waals surface area contributed by atoms with Crippen molar-refractivity contribution < 1.29 is 18.0 Å². The first-order chi connectivity index (χ1) is 11.8. The molecule has 0 saturated heterocycles. The molecule has 132 valence electrons. The van der Waals surface area contributed by atoms with Crippen molar-refractivity contribution in [1.29, 1.82) is 0 Å². The van der Waals surface area contributed by atoms with Crippen LogP contribution in [0.15, 0.2) is 23.9 Å². The van der Waals surface area contributed by atoms with Gasteiger partial charge in [0.05, 0.1) is 6.54 Å². The third-order valence-electron chi connectivity index (χ3n) is 4.04. The van der Waals surface area contributed by atoms with Crippen molar-refractivity contribution in [3.63, 3.8) is 0 Å². The molecule has 0 radical (unpaired) electrons. The number of amides is 1. The van der Waals surface area contributed by atoms with Crippen LogP contribution in [-0.4, -0.2) is 32.1 Å². The smallest absolute Gasteiger partial charge is 0.248 e. The van der Waals surface area contributed by atoms with Gasteiger partial charge in [0.25, 0.3) is 0 Å². The topological polar surface area (TPSA) is 77.0 Å². The van der Waals surface area contributed by atoms with E-state index in [9.17, 15) is 18.0 Å². The van der Waals surface area contributed by atoms with Gasteiger partial charge in [0.2, 0.25) is 5.91 Å². The van der Waals surface area contributed by atoms with Gasteiger partial charge in [0.15, 0.2) is 17.5 Å². The standard InChI is InChI=1S/C16H16F3N5O/c1-9-21-22-15-8-23(2-3-24(9)15)16(25)6-11(20)4-10-5-13(18)14(19)7-12(10)17/h5-7H,2-4,8,20H2,1H3/b11-6-. The summed E-state index contributed by atoms with van der Waals surface area (Å²) in [6.07, 6.45) is 0.970. The quantitative estimate of drug-likeness (QED) is 0.670. The number of halogens is 3. The van der Waals surface area contributed by atoms with Crippen molar-refractivity contribution in [2.24, 2.45) is 5.73 Å². The Morgan fingerprint density at radius 1 is 1.20 bits per heavy atom. The molecule has 3 rings (SSSR count). The second-order valence-electron chi connectivity index (χ2n) is 5.83. The fraction of sp³-hybridized carbons (Fsp3) is 0.312. The van der Waals surface area contributed by atoms with Gasteiger partial charge in [-0.2, -0.15) is 0 Å². The van der Waals surface area contributed by atoms with Crippen LogP contribution in [0.5, 0.6) is 0 Å². The SMILES string of the molecule is Cc1nnc2n1CCN(C(=O)/C=C(\N)Cc1cc(F)c(F)cc1F)C2. The van der Waals surface area contributed by atoms with Crippen molar-refractivity contribution in [3.05, 3.63) is 58.6 Å². The van der Waals surface area contributed by atoms with E-state index in [1.807, 2.05) is 11.5 Å². The highest BCUT2D eigenvalue weighted by atomic mass is 19.2. The van der Waals surface area contributed by atoms with Gasteiger partial charge in [-0.3, -0.25) is 4.79 Å². The van der Waals surface area contributed by atoms with Crippen LogP contribution in [0, 0.1) is 24.4 Å². The van der Waals surface area contributed by atoms with Crippen molar-refractivity contribution in [3.8, 4) is 0 Å². The number of carbonyl (C=O) groups is 1. The van der Waals surface area contributed by atoms with Gasteiger partial charge < -0.3 is 15.2 Å². The fourth-order valence-electron chi connectivity index (χ4n) is 2.71. The molecular formula is C16H16F3N5O. The van der Waals surface area contributed by atoms with E-state index in [2.05, 4.69) is 10.2 Å². The van der Waals surface area contributed by atoms with Gasteiger partial charge in [0, 0.05) is 37.3 Å². The van der Waals surface area contributed by atoms with Gasteiger partial charge >= 0.3 is 0 Å². The van der Waals surface area contributed by atoms with Crippen LogP contribution in [0.2, 0.25) is 0 Å². The summed E-state index contributed by atoms with van der Waals surface area (Å²) in [4.78, 5) is 13.8. The van der Waals surface area contributed by atoms with E-state index >= 15 is 0 Å². The molecule has 25 heavy (non-hydrogen) atoms. The van der Waals surface area contributed by atoms with Crippen LogP contribution in [-0.2, 0) is 24.3 Å². The zero-order chi connectivity index (χ0) is 18.1. The lowest BCUT2D eigenvalue weighted by Crippen LogP contribution is -2.38. The van der Waals surface area contributed by atoms with E-state index in [0.29, 0.717) is 31.5 Å². The Hall–Kier alpha value is -2.84. The van der Waals surface area contributed by atoms with Gasteiger partial charge in [0.1, 0.15) is 11.6 Å². The molecular weight excluding hydrogens is 335 g/mol. The van der Waals surface area contributed by atoms with Gasteiger partial charge in [-0.25, -0.2) is 13.2 Å².